The summed E-state index contributed by atoms with van der Waals surface area (Å²) >= 11 is 0. The molecule has 4 atom stereocenters. The maximum atomic E-state index is 13.8. The topological polar surface area (TPSA) is 124 Å². The van der Waals surface area contributed by atoms with E-state index in [2.05, 4.69) is 11.0 Å². The lowest BCUT2D eigenvalue weighted by molar-refractivity contribution is -0.178. The van der Waals surface area contributed by atoms with E-state index in [-0.39, 0.29) is 31.5 Å². The number of rotatable bonds is 9. The van der Waals surface area contributed by atoms with E-state index >= 15 is 0 Å². The smallest absolute Gasteiger partial charge is 0.339 e. The van der Waals surface area contributed by atoms with E-state index in [1.54, 1.807) is 21.0 Å². The van der Waals surface area contributed by atoms with Crippen molar-refractivity contribution in [1.29, 1.82) is 0 Å². The summed E-state index contributed by atoms with van der Waals surface area (Å²) < 4.78 is 28.1. The molecule has 4 aliphatic rings. The van der Waals surface area contributed by atoms with Crippen molar-refractivity contribution in [2.24, 2.45) is 0 Å². The number of nitrogens with zero attached hydrogens (tertiary/aromatic N) is 1. The van der Waals surface area contributed by atoms with Gasteiger partial charge in [0.25, 0.3) is 0 Å². The number of carbonyl (C=O) groups is 2. The maximum Gasteiger partial charge on any atom is 0.339 e. The Balaban J connectivity index is 0.00000370. The first-order valence-electron chi connectivity index (χ1n) is 13.7. The van der Waals surface area contributed by atoms with E-state index in [1.807, 2.05) is 12.1 Å². The first kappa shape index (κ1) is 30.4. The van der Waals surface area contributed by atoms with Gasteiger partial charge >= 0.3 is 11.9 Å². The number of benzene rings is 1. The highest BCUT2D eigenvalue weighted by atomic mass is 35.5. The van der Waals surface area contributed by atoms with E-state index in [4.69, 9.17) is 23.7 Å². The Morgan fingerprint density at radius 1 is 1.12 bits per heavy atom. The number of ether oxygens (including phenoxy) is 5. The summed E-state index contributed by atoms with van der Waals surface area (Å²) in [4.78, 5) is 28.4. The third-order valence-electron chi connectivity index (χ3n) is 8.62. The minimum Gasteiger partial charge on any atom is -0.497 e. The minimum absolute atomic E-state index is 0. The molecule has 1 spiro atoms. The molecule has 1 saturated heterocycles. The number of methoxy groups -OCH3 is 2. The molecule has 2 N–H and O–H groups in total. The summed E-state index contributed by atoms with van der Waals surface area (Å²) in [6, 6.07) is 4.00. The summed E-state index contributed by atoms with van der Waals surface area (Å²) in [5.74, 6) is -0.0645. The van der Waals surface area contributed by atoms with Crippen LogP contribution in [-0.4, -0.2) is 84.0 Å². The first-order valence-corrected chi connectivity index (χ1v) is 13.7. The maximum absolute atomic E-state index is 13.8. The second-order valence-corrected chi connectivity index (χ2v) is 11.7. The van der Waals surface area contributed by atoms with Gasteiger partial charge in [0.1, 0.15) is 5.76 Å². The highest BCUT2D eigenvalue weighted by Gasteiger charge is 2.59. The van der Waals surface area contributed by atoms with Gasteiger partial charge in [-0.3, -0.25) is 9.69 Å². The third-order valence-corrected chi connectivity index (χ3v) is 8.62. The predicted octanol–water partition coefficient (Wildman–Crippen LogP) is 3.00. The molecule has 0 bridgehead atoms. The van der Waals surface area contributed by atoms with Gasteiger partial charge in [-0.1, -0.05) is 0 Å². The summed E-state index contributed by atoms with van der Waals surface area (Å²) in [7, 11) is 2.76. The van der Waals surface area contributed by atoms with Gasteiger partial charge in [0, 0.05) is 6.54 Å². The highest BCUT2D eigenvalue weighted by molar-refractivity contribution is 5.86. The number of carbonyl (C=O) groups excluding carboxylic acids is 2. The van der Waals surface area contributed by atoms with Crippen LogP contribution in [-0.2, 0) is 30.2 Å². The van der Waals surface area contributed by atoms with Crippen molar-refractivity contribution in [1.82, 2.24) is 4.90 Å². The van der Waals surface area contributed by atoms with Gasteiger partial charge in [0.2, 0.25) is 6.79 Å². The normalized spacial score (nSPS) is 26.3. The van der Waals surface area contributed by atoms with E-state index in [0.29, 0.717) is 30.1 Å². The van der Waals surface area contributed by atoms with Crippen molar-refractivity contribution in [3.63, 3.8) is 0 Å². The van der Waals surface area contributed by atoms with Crippen molar-refractivity contribution < 1.29 is 43.5 Å². The number of hydrogen-bond acceptors (Lipinski definition) is 10. The van der Waals surface area contributed by atoms with Gasteiger partial charge in [0.15, 0.2) is 23.2 Å². The summed E-state index contributed by atoms with van der Waals surface area (Å²) in [6.45, 7) is 5.21. The Hall–Kier alpha value is -2.53. The summed E-state index contributed by atoms with van der Waals surface area (Å²) in [5.41, 5.74) is -1.42. The van der Waals surface area contributed by atoms with Crippen molar-refractivity contribution >= 4 is 24.3 Å². The van der Waals surface area contributed by atoms with Crippen LogP contribution in [0.5, 0.6) is 11.5 Å². The van der Waals surface area contributed by atoms with Crippen molar-refractivity contribution in [2.45, 2.75) is 87.6 Å². The number of aliphatic hydroxyl groups is 2. The Bertz CT molecular complexity index is 1160. The molecule has 3 aliphatic heterocycles. The molecule has 1 aliphatic carbocycles. The third kappa shape index (κ3) is 5.51. The van der Waals surface area contributed by atoms with E-state index in [1.165, 1.54) is 7.11 Å². The van der Waals surface area contributed by atoms with Crippen LogP contribution in [0.3, 0.4) is 0 Å². The van der Waals surface area contributed by atoms with Crippen molar-refractivity contribution in [3.8, 4) is 11.5 Å². The molecule has 0 amide bonds. The lowest BCUT2D eigenvalue weighted by Gasteiger charge is -2.39. The van der Waals surface area contributed by atoms with Crippen LogP contribution in [0.2, 0.25) is 0 Å². The summed E-state index contributed by atoms with van der Waals surface area (Å²) in [5, 5.41) is 21.6. The minimum atomic E-state index is -2.12. The first-order chi connectivity index (χ1) is 18.5. The van der Waals surface area contributed by atoms with E-state index < -0.39 is 41.2 Å². The Labute approximate surface area is 241 Å². The zero-order valence-corrected chi connectivity index (χ0v) is 24.4. The molecule has 5 rings (SSSR count). The van der Waals surface area contributed by atoms with Crippen molar-refractivity contribution in [3.05, 3.63) is 35.1 Å². The molecule has 1 fully saturated rings. The van der Waals surface area contributed by atoms with Crippen LogP contribution in [0, 0.1) is 0 Å². The number of hydrogen-bond donors (Lipinski definition) is 2. The molecular formula is C29H40ClNO9. The quantitative estimate of drug-likeness (QED) is 0.421. The van der Waals surface area contributed by atoms with Gasteiger partial charge in [-0.2, -0.15) is 0 Å². The molecular weight excluding hydrogens is 542 g/mol. The number of esters is 2. The highest BCUT2D eigenvalue weighted by Crippen LogP contribution is 2.55. The lowest BCUT2D eigenvalue weighted by atomic mass is 9.77. The van der Waals surface area contributed by atoms with Crippen LogP contribution < -0.4 is 9.47 Å². The van der Waals surface area contributed by atoms with Crippen molar-refractivity contribution in [2.75, 3.05) is 34.1 Å². The molecule has 1 aromatic carbocycles. The zero-order valence-electron chi connectivity index (χ0n) is 23.6. The predicted molar refractivity (Wildman–Crippen MR) is 146 cm³/mol. The lowest BCUT2D eigenvalue weighted by Crippen LogP contribution is -2.49. The fourth-order valence-electron chi connectivity index (χ4n) is 6.71. The molecule has 3 heterocycles. The molecule has 11 heteroatoms. The van der Waals surface area contributed by atoms with Crippen LogP contribution in [0.4, 0.5) is 0 Å². The molecule has 40 heavy (non-hydrogen) atoms. The standard InChI is InChI=1S/C29H39NO9.ClH/c1-27(2,33)8-5-10-29(34,16-23(31)36-4)26(32)39-25-22(35-3)15-28-9-6-11-30(28)12-7-18-13-20-21(38-17-37-20)14-19(18)24(25)28;/h13-15,24-25,33-34H,5-12,16-17H2,1-4H3;1H/t24-,25-,28-,29-;/m1./s1. The summed E-state index contributed by atoms with van der Waals surface area (Å²) in [6.07, 6.45) is 3.94. The zero-order chi connectivity index (χ0) is 28.0. The van der Waals surface area contributed by atoms with Gasteiger partial charge in [0.05, 0.1) is 37.7 Å². The molecule has 222 valence electrons. The molecule has 0 saturated carbocycles. The van der Waals surface area contributed by atoms with Gasteiger partial charge in [-0.25, -0.2) is 4.79 Å². The van der Waals surface area contributed by atoms with Crippen LogP contribution in [0.1, 0.15) is 69.4 Å². The average molecular weight is 582 g/mol. The van der Waals surface area contributed by atoms with E-state index in [9.17, 15) is 19.8 Å². The fourth-order valence-corrected chi connectivity index (χ4v) is 6.71. The Kier molecular flexibility index (Phi) is 8.66. The Morgan fingerprint density at radius 2 is 1.85 bits per heavy atom. The number of halogens is 1. The average Bonchev–Trinajstić information content (AvgIpc) is 3.56. The monoisotopic (exact) mass is 581 g/mol. The van der Waals surface area contributed by atoms with Crippen LogP contribution >= 0.6 is 12.4 Å². The molecule has 0 unspecified atom stereocenters. The number of fused-ring (bicyclic) bond motifs is 3. The molecule has 1 aromatic rings. The molecule has 0 radical (unpaired) electrons. The van der Waals surface area contributed by atoms with Gasteiger partial charge in [-0.15, -0.1) is 12.4 Å². The molecule has 10 nitrogen and oxygen atoms in total. The van der Waals surface area contributed by atoms with Crippen LogP contribution in [0.25, 0.3) is 0 Å². The van der Waals surface area contributed by atoms with E-state index in [0.717, 1.165) is 43.5 Å². The Morgan fingerprint density at radius 3 is 2.52 bits per heavy atom. The largest absolute Gasteiger partial charge is 0.497 e. The van der Waals surface area contributed by atoms with Gasteiger partial charge in [-0.05, 0) is 88.3 Å². The second kappa shape index (κ2) is 11.4. The fraction of sp³-hybridized carbons (Fsp3) is 0.655. The molecule has 0 aromatic heterocycles. The second-order valence-electron chi connectivity index (χ2n) is 11.7. The SMILES string of the molecule is COC(=O)C[C@](O)(CCCC(C)(C)O)C(=O)O[C@@H]1C(OC)=C[C@@]23CCCN2CCc2cc4c(cc2[C@H]13)OCO4.Cl. The van der Waals surface area contributed by atoms with Gasteiger partial charge < -0.3 is 33.9 Å². The van der Waals surface area contributed by atoms with Crippen LogP contribution in [0.15, 0.2) is 24.0 Å².